The molecule has 2 aliphatic rings. The van der Waals surface area contributed by atoms with Crippen molar-refractivity contribution in [2.24, 2.45) is 11.3 Å². The lowest BCUT2D eigenvalue weighted by molar-refractivity contribution is -0.157. The summed E-state index contributed by atoms with van der Waals surface area (Å²) in [6.07, 6.45) is 0.429. The summed E-state index contributed by atoms with van der Waals surface area (Å²) in [6.45, 7) is 2.80. The van der Waals surface area contributed by atoms with Gasteiger partial charge in [-0.2, -0.15) is 0 Å². The van der Waals surface area contributed by atoms with Gasteiger partial charge in [-0.25, -0.2) is 0 Å². The predicted molar refractivity (Wildman–Crippen MR) is 85.6 cm³/mol. The number of likely N-dealkylation sites (tertiary alicyclic amines) is 1. The van der Waals surface area contributed by atoms with Crippen molar-refractivity contribution in [1.29, 1.82) is 0 Å². The quantitative estimate of drug-likeness (QED) is 0.867. The lowest BCUT2D eigenvalue weighted by atomic mass is 9.74. The van der Waals surface area contributed by atoms with E-state index in [0.717, 1.165) is 0 Å². The maximum Gasteiger partial charge on any atom is 0.311 e. The normalized spacial score (nSPS) is 25.9. The molecular formula is C17H20N2O5. The number of fused-ring (bicyclic) bond motifs is 1. The topological polar surface area (TPSA) is 95.9 Å². The fraction of sp³-hybridized carbons (Fsp3) is 0.471. The number of amides is 2. The van der Waals surface area contributed by atoms with Crippen LogP contribution in [0.3, 0.4) is 0 Å². The Hall–Kier alpha value is -2.41. The third-order valence-electron chi connectivity index (χ3n) is 4.87. The number of aliphatic carboxylic acids is 1. The van der Waals surface area contributed by atoms with Gasteiger partial charge in [0.05, 0.1) is 12.0 Å². The summed E-state index contributed by atoms with van der Waals surface area (Å²) in [5.74, 6) is -1.40. The smallest absolute Gasteiger partial charge is 0.311 e. The molecule has 0 aliphatic carbocycles. The van der Waals surface area contributed by atoms with E-state index in [1.165, 1.54) is 6.92 Å². The highest BCUT2D eigenvalue weighted by Crippen LogP contribution is 2.42. The van der Waals surface area contributed by atoms with Crippen molar-refractivity contribution in [3.63, 3.8) is 0 Å². The minimum atomic E-state index is -0.899. The van der Waals surface area contributed by atoms with E-state index in [0.29, 0.717) is 37.4 Å². The number of anilines is 1. The lowest BCUT2D eigenvalue weighted by Gasteiger charge is -2.33. The van der Waals surface area contributed by atoms with Gasteiger partial charge in [0.25, 0.3) is 5.91 Å². The molecule has 0 bridgehead atoms. The molecule has 2 N–H and O–H groups in total. The molecule has 2 saturated heterocycles. The van der Waals surface area contributed by atoms with E-state index >= 15 is 0 Å². The fourth-order valence-corrected chi connectivity index (χ4v) is 3.54. The molecule has 7 heteroatoms. The molecule has 0 saturated carbocycles. The van der Waals surface area contributed by atoms with Gasteiger partial charge >= 0.3 is 5.97 Å². The summed E-state index contributed by atoms with van der Waals surface area (Å²) in [7, 11) is 0. The van der Waals surface area contributed by atoms with Gasteiger partial charge < -0.3 is 20.1 Å². The molecule has 0 unspecified atom stereocenters. The van der Waals surface area contributed by atoms with Gasteiger partial charge in [-0.1, -0.05) is 0 Å². The Labute approximate surface area is 139 Å². The third-order valence-corrected chi connectivity index (χ3v) is 4.87. The van der Waals surface area contributed by atoms with E-state index in [-0.39, 0.29) is 24.3 Å². The molecule has 1 aromatic carbocycles. The van der Waals surface area contributed by atoms with Crippen LogP contribution in [0, 0.1) is 11.3 Å². The zero-order valence-electron chi connectivity index (χ0n) is 13.4. The van der Waals surface area contributed by atoms with Crippen LogP contribution in [-0.4, -0.2) is 54.1 Å². The van der Waals surface area contributed by atoms with Crippen molar-refractivity contribution in [2.45, 2.75) is 13.3 Å². The number of benzene rings is 1. The Morgan fingerprint density at radius 1 is 1.29 bits per heavy atom. The van der Waals surface area contributed by atoms with E-state index in [1.807, 2.05) is 0 Å². The molecule has 2 atom stereocenters. The van der Waals surface area contributed by atoms with Crippen molar-refractivity contribution in [2.75, 3.05) is 31.6 Å². The first-order valence-electron chi connectivity index (χ1n) is 7.90. The number of carbonyl (C=O) groups is 3. The lowest BCUT2D eigenvalue weighted by Crippen LogP contribution is -2.45. The number of nitrogens with one attached hydrogen (secondary N) is 1. The average Bonchev–Trinajstić information content (AvgIpc) is 2.95. The molecule has 7 nitrogen and oxygen atoms in total. The molecule has 2 heterocycles. The molecule has 1 aromatic rings. The van der Waals surface area contributed by atoms with Crippen molar-refractivity contribution in [3.05, 3.63) is 29.8 Å². The number of rotatable bonds is 3. The molecule has 2 aliphatic heterocycles. The van der Waals surface area contributed by atoms with Crippen molar-refractivity contribution < 1.29 is 24.2 Å². The Kier molecular flexibility index (Phi) is 4.28. The van der Waals surface area contributed by atoms with Crippen LogP contribution < -0.4 is 5.32 Å². The average molecular weight is 332 g/mol. The monoisotopic (exact) mass is 332 g/mol. The van der Waals surface area contributed by atoms with Gasteiger partial charge in [-0.05, 0) is 30.7 Å². The molecule has 2 amide bonds. The zero-order valence-corrected chi connectivity index (χ0v) is 13.4. The summed E-state index contributed by atoms with van der Waals surface area (Å²) in [5, 5.41) is 12.3. The SMILES string of the molecule is CC(=O)Nc1ccc(C(=O)N2C[C@H]3COCC[C@@]3(C(=O)O)C2)cc1. The summed E-state index contributed by atoms with van der Waals surface area (Å²) in [5.41, 5.74) is 0.193. The maximum atomic E-state index is 12.7. The number of carbonyl (C=O) groups excluding carboxylic acids is 2. The van der Waals surface area contributed by atoms with Crippen LogP contribution >= 0.6 is 0 Å². The molecule has 24 heavy (non-hydrogen) atoms. The van der Waals surface area contributed by atoms with E-state index in [4.69, 9.17) is 4.74 Å². The van der Waals surface area contributed by atoms with E-state index in [9.17, 15) is 19.5 Å². The maximum absolute atomic E-state index is 12.7. The summed E-state index contributed by atoms with van der Waals surface area (Å²) in [4.78, 5) is 37.1. The van der Waals surface area contributed by atoms with Gasteiger partial charge in [0.2, 0.25) is 5.91 Å². The summed E-state index contributed by atoms with van der Waals surface area (Å²) in [6, 6.07) is 6.60. The first-order valence-corrected chi connectivity index (χ1v) is 7.90. The van der Waals surface area contributed by atoms with Crippen LogP contribution in [0.15, 0.2) is 24.3 Å². The van der Waals surface area contributed by atoms with Crippen molar-refractivity contribution in [1.82, 2.24) is 4.90 Å². The standard InChI is InChI=1S/C17H20N2O5/c1-11(20)18-14-4-2-12(3-5-14)15(21)19-8-13-9-24-7-6-17(13,10-19)16(22)23/h2-5,13H,6-10H2,1H3,(H,18,20)(H,22,23)/t13-,17+/m0/s1. The zero-order chi connectivity index (χ0) is 17.3. The highest BCUT2D eigenvalue weighted by molar-refractivity contribution is 5.96. The number of carboxylic acid groups (broad SMARTS) is 1. The Morgan fingerprint density at radius 2 is 2.00 bits per heavy atom. The number of ether oxygens (including phenoxy) is 1. The van der Waals surface area contributed by atoms with Gasteiger partial charge in [-0.15, -0.1) is 0 Å². The molecule has 0 radical (unpaired) electrons. The molecule has 128 valence electrons. The second-order valence-corrected chi connectivity index (χ2v) is 6.43. The first kappa shape index (κ1) is 16.4. The van der Waals surface area contributed by atoms with E-state index in [2.05, 4.69) is 5.32 Å². The number of hydrogen-bond acceptors (Lipinski definition) is 4. The highest BCUT2D eigenvalue weighted by atomic mass is 16.5. The Bertz CT molecular complexity index is 672. The number of carboxylic acids is 1. The summed E-state index contributed by atoms with van der Waals surface area (Å²) >= 11 is 0. The number of nitrogens with zero attached hydrogens (tertiary/aromatic N) is 1. The number of hydrogen-bond donors (Lipinski definition) is 2. The Balaban J connectivity index is 1.76. The largest absolute Gasteiger partial charge is 0.481 e. The van der Waals surface area contributed by atoms with E-state index in [1.54, 1.807) is 29.2 Å². The predicted octanol–water partition coefficient (Wildman–Crippen LogP) is 1.21. The minimum absolute atomic E-state index is 0.175. The fourth-order valence-electron chi connectivity index (χ4n) is 3.54. The van der Waals surface area contributed by atoms with Gasteiger partial charge in [0, 0.05) is 43.8 Å². The molecular weight excluding hydrogens is 312 g/mol. The van der Waals surface area contributed by atoms with Crippen LogP contribution in [0.5, 0.6) is 0 Å². The van der Waals surface area contributed by atoms with Crippen LogP contribution in [0.1, 0.15) is 23.7 Å². The molecule has 0 aromatic heterocycles. The van der Waals surface area contributed by atoms with Crippen LogP contribution in [0.25, 0.3) is 0 Å². The highest BCUT2D eigenvalue weighted by Gasteiger charge is 2.54. The second kappa shape index (κ2) is 6.24. The van der Waals surface area contributed by atoms with E-state index < -0.39 is 11.4 Å². The van der Waals surface area contributed by atoms with Crippen molar-refractivity contribution >= 4 is 23.5 Å². The third kappa shape index (κ3) is 2.87. The van der Waals surface area contributed by atoms with Gasteiger partial charge in [0.15, 0.2) is 0 Å². The van der Waals surface area contributed by atoms with Gasteiger partial charge in [0.1, 0.15) is 0 Å². The first-order chi connectivity index (χ1) is 11.4. The van der Waals surface area contributed by atoms with Crippen LogP contribution in [0.4, 0.5) is 5.69 Å². The van der Waals surface area contributed by atoms with Crippen LogP contribution in [0.2, 0.25) is 0 Å². The molecule has 2 fully saturated rings. The van der Waals surface area contributed by atoms with Crippen LogP contribution in [-0.2, 0) is 14.3 Å². The Morgan fingerprint density at radius 3 is 2.58 bits per heavy atom. The minimum Gasteiger partial charge on any atom is -0.481 e. The molecule has 3 rings (SSSR count). The van der Waals surface area contributed by atoms with Crippen molar-refractivity contribution in [3.8, 4) is 0 Å². The second-order valence-electron chi connectivity index (χ2n) is 6.43. The van der Waals surface area contributed by atoms with Gasteiger partial charge in [-0.3, -0.25) is 14.4 Å². The summed E-state index contributed by atoms with van der Waals surface area (Å²) < 4.78 is 5.40. The molecule has 0 spiro atoms.